The molecule has 5 aliphatic rings. The van der Waals surface area contributed by atoms with Crippen LogP contribution in [0.5, 0.6) is 0 Å². The van der Waals surface area contributed by atoms with Crippen LogP contribution in [0.4, 0.5) is 0 Å². The zero-order valence-electron chi connectivity index (χ0n) is 22.6. The van der Waals surface area contributed by atoms with Gasteiger partial charge < -0.3 is 33.9 Å². The molecular weight excluding hydrogens is 492 g/mol. The highest BCUT2D eigenvalue weighted by atomic mass is 16.6. The molecule has 3 aliphatic heterocycles. The van der Waals surface area contributed by atoms with Crippen molar-refractivity contribution in [3.05, 3.63) is 36.0 Å². The van der Waals surface area contributed by atoms with Gasteiger partial charge in [0.1, 0.15) is 24.4 Å². The van der Waals surface area contributed by atoms with Gasteiger partial charge in [0.15, 0.2) is 6.10 Å². The molecule has 0 radical (unpaired) electrons. The second-order valence-corrected chi connectivity index (χ2v) is 11.9. The first-order valence-electron chi connectivity index (χ1n) is 13.7. The number of cyclic esters (lactones) is 1. The molecule has 0 aromatic heterocycles. The van der Waals surface area contributed by atoms with E-state index < -0.39 is 58.7 Å². The molecule has 9 nitrogen and oxygen atoms in total. The molecule has 2 bridgehead atoms. The first-order valence-corrected chi connectivity index (χ1v) is 13.7. The summed E-state index contributed by atoms with van der Waals surface area (Å²) in [5.74, 6) is -1.60. The van der Waals surface area contributed by atoms with Crippen LogP contribution in [0.3, 0.4) is 0 Å². The van der Waals surface area contributed by atoms with Gasteiger partial charge >= 0.3 is 11.9 Å². The molecule has 0 aromatic carbocycles. The summed E-state index contributed by atoms with van der Waals surface area (Å²) in [4.78, 5) is 26.0. The number of carbonyl (C=O) groups is 2. The molecule has 2 N–H and O–H groups in total. The molecule has 3 fully saturated rings. The van der Waals surface area contributed by atoms with Gasteiger partial charge in [0.25, 0.3) is 0 Å². The van der Waals surface area contributed by atoms with Crippen molar-refractivity contribution >= 4 is 11.9 Å². The fourth-order valence-electron chi connectivity index (χ4n) is 7.04. The van der Waals surface area contributed by atoms with E-state index in [1.807, 2.05) is 0 Å². The Labute approximate surface area is 223 Å². The van der Waals surface area contributed by atoms with Crippen molar-refractivity contribution in [2.24, 2.45) is 16.7 Å². The molecule has 10 atom stereocenters. The summed E-state index contributed by atoms with van der Waals surface area (Å²) in [6.07, 6.45) is 6.89. The maximum atomic E-state index is 13.1. The Morgan fingerprint density at radius 2 is 1.92 bits per heavy atom. The van der Waals surface area contributed by atoms with Crippen molar-refractivity contribution in [1.29, 1.82) is 0 Å². The summed E-state index contributed by atoms with van der Waals surface area (Å²) in [5.41, 5.74) is -0.771. The smallest absolute Gasteiger partial charge is 0.335 e. The third-order valence-electron chi connectivity index (χ3n) is 9.73. The molecule has 0 unspecified atom stereocenters. The Balaban J connectivity index is 1.51. The lowest BCUT2D eigenvalue weighted by Crippen LogP contribution is -2.66. The van der Waals surface area contributed by atoms with Gasteiger partial charge in [-0.15, -0.1) is 0 Å². The molecule has 5 rings (SSSR count). The van der Waals surface area contributed by atoms with E-state index in [1.165, 1.54) is 11.6 Å². The molecular formula is C29H40O9. The molecule has 3 heterocycles. The van der Waals surface area contributed by atoms with Crippen LogP contribution in [0.25, 0.3) is 0 Å². The number of aliphatic hydroxyl groups excluding tert-OH is 2. The van der Waals surface area contributed by atoms with E-state index in [-0.39, 0.29) is 25.4 Å². The quantitative estimate of drug-likeness (QED) is 0.298. The SMILES string of the molecule is CC1=C[C@H]2O[C@@H]3C[C@H]4OC(=O)/C=C/C=C/[C@H]([C@@H](C)O)OCC[C@@H](C)[C@H](O)C(=O)OC[C@@]2(CC1)[C@]4(C)[C@@]31CO1. The molecule has 38 heavy (non-hydrogen) atoms. The normalized spacial score (nSPS) is 48.0. The number of hydrogen-bond acceptors (Lipinski definition) is 9. The maximum Gasteiger partial charge on any atom is 0.335 e. The average Bonchev–Trinajstić information content (AvgIpc) is 3.65. The molecule has 210 valence electrons. The predicted octanol–water partition coefficient (Wildman–Crippen LogP) is 2.39. The van der Waals surface area contributed by atoms with Gasteiger partial charge in [-0.3, -0.25) is 0 Å². The Kier molecular flexibility index (Phi) is 7.37. The summed E-state index contributed by atoms with van der Waals surface area (Å²) in [7, 11) is 0. The molecule has 1 saturated carbocycles. The van der Waals surface area contributed by atoms with Gasteiger partial charge in [0.05, 0.1) is 30.3 Å². The molecule has 9 heteroatoms. The molecule has 2 aliphatic carbocycles. The molecule has 0 aromatic rings. The van der Waals surface area contributed by atoms with Crippen LogP contribution in [-0.4, -0.2) is 84.2 Å². The standard InChI is InChI=1S/C29H40O9/c1-17-9-11-28-15-35-26(33)25(32)18(2)10-12-34-20(19(3)30)7-5-6-8-24(31)38-21-14-23(37-22(28)13-17)29(16-36-29)27(21,28)4/h5-8,13,18-23,25,30,32H,9-12,14-16H2,1-4H3/b7-5+,8-6+/t18-,19-,20-,21-,22-,23-,25+,27-,28-,29-/m1/s1. The van der Waals surface area contributed by atoms with Crippen LogP contribution in [-0.2, 0) is 33.3 Å². The fourth-order valence-corrected chi connectivity index (χ4v) is 7.04. The highest BCUT2D eigenvalue weighted by molar-refractivity contribution is 5.82. The van der Waals surface area contributed by atoms with Gasteiger partial charge in [-0.05, 0) is 39.0 Å². The van der Waals surface area contributed by atoms with Crippen LogP contribution in [0.1, 0.15) is 53.4 Å². The molecule has 2 spiro atoms. The first kappa shape index (κ1) is 27.5. The maximum absolute atomic E-state index is 13.1. The van der Waals surface area contributed by atoms with E-state index in [0.29, 0.717) is 25.9 Å². The minimum absolute atomic E-state index is 0.0195. The number of aliphatic hydroxyl groups is 2. The van der Waals surface area contributed by atoms with Gasteiger partial charge in [-0.25, -0.2) is 9.59 Å². The van der Waals surface area contributed by atoms with Crippen molar-refractivity contribution in [2.45, 2.75) is 95.6 Å². The zero-order chi connectivity index (χ0) is 27.3. The monoisotopic (exact) mass is 532 g/mol. The van der Waals surface area contributed by atoms with E-state index in [2.05, 4.69) is 19.9 Å². The number of rotatable bonds is 1. The second kappa shape index (κ2) is 10.2. The Morgan fingerprint density at radius 3 is 2.63 bits per heavy atom. The summed E-state index contributed by atoms with van der Waals surface area (Å²) in [6.45, 7) is 8.27. The number of carbonyl (C=O) groups excluding carboxylic acids is 2. The number of esters is 2. The van der Waals surface area contributed by atoms with Gasteiger partial charge in [0.2, 0.25) is 0 Å². The van der Waals surface area contributed by atoms with E-state index in [4.69, 9.17) is 23.7 Å². The van der Waals surface area contributed by atoms with Crippen molar-refractivity contribution in [3.63, 3.8) is 0 Å². The lowest BCUT2D eigenvalue weighted by atomic mass is 9.51. The highest BCUT2D eigenvalue weighted by Crippen LogP contribution is 2.72. The average molecular weight is 533 g/mol. The Bertz CT molecular complexity index is 1030. The Hall–Kier alpha value is -2.04. The van der Waals surface area contributed by atoms with E-state index in [1.54, 1.807) is 32.1 Å². The first-order chi connectivity index (χ1) is 18.0. The second-order valence-electron chi connectivity index (χ2n) is 11.9. The van der Waals surface area contributed by atoms with Gasteiger partial charge in [0, 0.05) is 24.5 Å². The number of epoxide rings is 1. The lowest BCUT2D eigenvalue weighted by molar-refractivity contribution is -0.234. The lowest BCUT2D eigenvalue weighted by Gasteiger charge is -2.58. The number of ether oxygens (including phenoxy) is 5. The summed E-state index contributed by atoms with van der Waals surface area (Å²) in [6, 6.07) is 0. The largest absolute Gasteiger partial charge is 0.463 e. The highest BCUT2D eigenvalue weighted by Gasteiger charge is 2.83. The molecule has 2 saturated heterocycles. The van der Waals surface area contributed by atoms with Gasteiger partial charge in [-0.1, -0.05) is 43.7 Å². The molecule has 0 amide bonds. The fraction of sp³-hybridized carbons (Fsp3) is 0.724. The van der Waals surface area contributed by atoms with Crippen LogP contribution >= 0.6 is 0 Å². The van der Waals surface area contributed by atoms with Crippen LogP contribution in [0.2, 0.25) is 0 Å². The Morgan fingerprint density at radius 1 is 1.16 bits per heavy atom. The minimum Gasteiger partial charge on any atom is -0.463 e. The number of hydrogen-bond donors (Lipinski definition) is 2. The number of allylic oxidation sites excluding steroid dienone is 3. The van der Waals surface area contributed by atoms with Crippen molar-refractivity contribution in [3.8, 4) is 0 Å². The van der Waals surface area contributed by atoms with Crippen LogP contribution in [0.15, 0.2) is 36.0 Å². The summed E-state index contributed by atoms with van der Waals surface area (Å²) < 4.78 is 30.4. The van der Waals surface area contributed by atoms with Crippen molar-refractivity contribution < 1.29 is 43.5 Å². The van der Waals surface area contributed by atoms with E-state index in [9.17, 15) is 19.8 Å². The minimum atomic E-state index is -1.33. The van der Waals surface area contributed by atoms with E-state index >= 15 is 0 Å². The predicted molar refractivity (Wildman–Crippen MR) is 136 cm³/mol. The van der Waals surface area contributed by atoms with Crippen molar-refractivity contribution in [1.82, 2.24) is 0 Å². The third-order valence-corrected chi connectivity index (χ3v) is 9.73. The van der Waals surface area contributed by atoms with Crippen LogP contribution in [0, 0.1) is 16.7 Å². The summed E-state index contributed by atoms with van der Waals surface area (Å²) >= 11 is 0. The third kappa shape index (κ3) is 4.36. The zero-order valence-corrected chi connectivity index (χ0v) is 22.6. The van der Waals surface area contributed by atoms with Crippen LogP contribution < -0.4 is 0 Å². The van der Waals surface area contributed by atoms with E-state index in [0.717, 1.165) is 6.42 Å². The van der Waals surface area contributed by atoms with Crippen molar-refractivity contribution in [2.75, 3.05) is 19.8 Å². The van der Waals surface area contributed by atoms with Gasteiger partial charge in [-0.2, -0.15) is 0 Å². The topological polar surface area (TPSA) is 124 Å². The summed E-state index contributed by atoms with van der Waals surface area (Å²) in [5, 5.41) is 20.8.